The lowest BCUT2D eigenvalue weighted by Crippen LogP contribution is -2.25. The van der Waals surface area contributed by atoms with Crippen molar-refractivity contribution in [2.75, 3.05) is 0 Å². The van der Waals surface area contributed by atoms with Crippen LogP contribution in [0, 0.1) is 0 Å². The molecule has 2 rings (SSSR count). The highest BCUT2D eigenvalue weighted by molar-refractivity contribution is 7.89. The van der Waals surface area contributed by atoms with Gasteiger partial charge in [-0.05, 0) is 19.1 Å². The van der Waals surface area contributed by atoms with Crippen molar-refractivity contribution in [2.24, 2.45) is 5.73 Å². The maximum atomic E-state index is 12.1. The van der Waals surface area contributed by atoms with E-state index >= 15 is 0 Å². The van der Waals surface area contributed by atoms with Crippen LogP contribution in [0.3, 0.4) is 0 Å². The van der Waals surface area contributed by atoms with Crippen LogP contribution in [-0.2, 0) is 29.7 Å². The van der Waals surface area contributed by atoms with Gasteiger partial charge in [-0.25, -0.2) is 13.1 Å². The summed E-state index contributed by atoms with van der Waals surface area (Å²) in [5, 5.41) is 7.61. The van der Waals surface area contributed by atoms with Gasteiger partial charge in [-0.15, -0.1) is 10.2 Å². The third-order valence-electron chi connectivity index (χ3n) is 2.77. The summed E-state index contributed by atoms with van der Waals surface area (Å²) in [5.74, 6) is 0.558. The molecule has 9 heteroatoms. The van der Waals surface area contributed by atoms with Crippen LogP contribution in [0.25, 0.3) is 0 Å². The molecule has 0 amide bonds. The van der Waals surface area contributed by atoms with Crippen LogP contribution in [0.2, 0.25) is 0 Å². The van der Waals surface area contributed by atoms with Crippen molar-refractivity contribution in [2.45, 2.75) is 31.5 Å². The van der Waals surface area contributed by atoms with Crippen molar-refractivity contribution in [1.29, 1.82) is 0 Å². The Morgan fingerprint density at radius 2 is 2.20 bits per heavy atom. The average molecular weight is 296 g/mol. The minimum absolute atomic E-state index is 0.0782. The number of aromatic nitrogens is 4. The highest BCUT2D eigenvalue weighted by Crippen LogP contribution is 2.08. The molecule has 0 radical (unpaired) electrons. The van der Waals surface area contributed by atoms with Crippen LogP contribution in [0.1, 0.15) is 18.4 Å². The Bertz CT molecular complexity index is 664. The van der Waals surface area contributed by atoms with Crippen LogP contribution in [0.5, 0.6) is 0 Å². The molecule has 108 valence electrons. The Morgan fingerprint density at radius 1 is 1.40 bits per heavy atom. The van der Waals surface area contributed by atoms with Gasteiger partial charge >= 0.3 is 0 Å². The number of hydrogen-bond acceptors (Lipinski definition) is 6. The summed E-state index contributed by atoms with van der Waals surface area (Å²) in [6.45, 7) is 2.95. The molecule has 2 heterocycles. The second-order valence-electron chi connectivity index (χ2n) is 4.05. The maximum Gasteiger partial charge on any atom is 0.242 e. The summed E-state index contributed by atoms with van der Waals surface area (Å²) < 4.78 is 28.4. The predicted molar refractivity (Wildman–Crippen MR) is 71.8 cm³/mol. The van der Waals surface area contributed by atoms with E-state index in [9.17, 15) is 8.42 Å². The summed E-state index contributed by atoms with van der Waals surface area (Å²) in [5.41, 5.74) is 6.05. The zero-order valence-electron chi connectivity index (χ0n) is 11.0. The molecule has 20 heavy (non-hydrogen) atoms. The molecule has 0 fully saturated rings. The number of sulfonamides is 1. The van der Waals surface area contributed by atoms with E-state index in [1.807, 2.05) is 6.92 Å². The van der Waals surface area contributed by atoms with Gasteiger partial charge in [0.05, 0.1) is 12.2 Å². The molecule has 2 aromatic rings. The fourth-order valence-electron chi connectivity index (χ4n) is 1.61. The molecule has 0 bridgehead atoms. The maximum absolute atomic E-state index is 12.1. The zero-order valence-corrected chi connectivity index (χ0v) is 11.8. The van der Waals surface area contributed by atoms with Gasteiger partial charge in [0.25, 0.3) is 0 Å². The van der Waals surface area contributed by atoms with Gasteiger partial charge < -0.3 is 10.3 Å². The minimum atomic E-state index is -3.62. The van der Waals surface area contributed by atoms with E-state index in [2.05, 4.69) is 19.9 Å². The number of rotatable bonds is 6. The molecule has 0 aliphatic heterocycles. The largest absolute Gasteiger partial charge is 0.325 e. The number of hydrogen-bond donors (Lipinski definition) is 2. The molecule has 0 saturated heterocycles. The van der Waals surface area contributed by atoms with E-state index < -0.39 is 10.0 Å². The molecule has 8 nitrogen and oxygen atoms in total. The van der Waals surface area contributed by atoms with Crippen molar-refractivity contribution in [3.8, 4) is 0 Å². The quantitative estimate of drug-likeness (QED) is 0.751. The summed E-state index contributed by atoms with van der Waals surface area (Å²) in [4.78, 5) is 4.06. The Balaban J connectivity index is 2.10. The van der Waals surface area contributed by atoms with Crippen molar-refractivity contribution in [3.63, 3.8) is 0 Å². The first-order valence-electron chi connectivity index (χ1n) is 6.08. The molecule has 0 aromatic carbocycles. The Morgan fingerprint density at radius 3 is 2.80 bits per heavy atom. The van der Waals surface area contributed by atoms with Gasteiger partial charge in [0, 0.05) is 19.3 Å². The highest BCUT2D eigenvalue weighted by Gasteiger charge is 2.15. The SMILES string of the molecule is CCn1cnnc1CNS(=O)(=O)c1ccc(CN)nc1. The Kier molecular flexibility index (Phi) is 4.42. The number of nitrogens with one attached hydrogen (secondary N) is 1. The van der Waals surface area contributed by atoms with Crippen molar-refractivity contribution < 1.29 is 8.42 Å². The molecule has 2 aromatic heterocycles. The van der Waals surface area contributed by atoms with Gasteiger partial charge in [-0.2, -0.15) is 0 Å². The lowest BCUT2D eigenvalue weighted by molar-refractivity contribution is 0.574. The average Bonchev–Trinajstić information content (AvgIpc) is 2.93. The Hall–Kier alpha value is -1.84. The monoisotopic (exact) mass is 296 g/mol. The van der Waals surface area contributed by atoms with Gasteiger partial charge in [-0.1, -0.05) is 0 Å². The zero-order chi connectivity index (χ0) is 14.6. The third-order valence-corrected chi connectivity index (χ3v) is 4.16. The van der Waals surface area contributed by atoms with Crippen molar-refractivity contribution >= 4 is 10.0 Å². The molecule has 0 aliphatic carbocycles. The molecule has 0 saturated carbocycles. The fraction of sp³-hybridized carbons (Fsp3) is 0.364. The van der Waals surface area contributed by atoms with Crippen LogP contribution in [-0.4, -0.2) is 28.2 Å². The fourth-order valence-corrected chi connectivity index (χ4v) is 2.54. The third kappa shape index (κ3) is 3.18. The molecule has 3 N–H and O–H groups in total. The lowest BCUT2D eigenvalue weighted by atomic mass is 10.4. The number of nitrogens with zero attached hydrogens (tertiary/aromatic N) is 4. The normalized spacial score (nSPS) is 11.7. The second-order valence-corrected chi connectivity index (χ2v) is 5.81. The molecular formula is C11H16N6O2S. The van der Waals surface area contributed by atoms with Gasteiger partial charge in [0.1, 0.15) is 17.0 Å². The summed E-state index contributed by atoms with van der Waals surface area (Å²) in [6, 6.07) is 3.06. The van der Waals surface area contributed by atoms with Gasteiger partial charge in [0.15, 0.2) is 0 Å². The number of nitrogens with two attached hydrogens (primary N) is 1. The van der Waals surface area contributed by atoms with E-state index in [4.69, 9.17) is 5.73 Å². The first-order valence-corrected chi connectivity index (χ1v) is 7.56. The van der Waals surface area contributed by atoms with E-state index in [1.54, 1.807) is 17.0 Å². The summed E-state index contributed by atoms with van der Waals surface area (Å²) >= 11 is 0. The van der Waals surface area contributed by atoms with Crippen LogP contribution in [0.15, 0.2) is 29.6 Å². The van der Waals surface area contributed by atoms with Crippen molar-refractivity contribution in [1.82, 2.24) is 24.5 Å². The first kappa shape index (κ1) is 14.6. The lowest BCUT2D eigenvalue weighted by Gasteiger charge is -2.07. The molecule has 0 aliphatic rings. The number of pyridine rings is 1. The van der Waals surface area contributed by atoms with Gasteiger partial charge in [0.2, 0.25) is 10.0 Å². The topological polar surface area (TPSA) is 116 Å². The molecular weight excluding hydrogens is 280 g/mol. The van der Waals surface area contributed by atoms with E-state index in [-0.39, 0.29) is 18.0 Å². The molecule has 0 unspecified atom stereocenters. The van der Waals surface area contributed by atoms with Crippen LogP contribution >= 0.6 is 0 Å². The van der Waals surface area contributed by atoms with Gasteiger partial charge in [-0.3, -0.25) is 4.98 Å². The van der Waals surface area contributed by atoms with Crippen LogP contribution in [0.4, 0.5) is 0 Å². The summed E-state index contributed by atoms with van der Waals surface area (Å²) in [6.07, 6.45) is 2.84. The first-order chi connectivity index (χ1) is 9.56. The van der Waals surface area contributed by atoms with E-state index in [0.717, 1.165) is 0 Å². The second kappa shape index (κ2) is 6.07. The standard InChI is InChI=1S/C11H16N6O2S/c1-2-17-8-14-16-11(17)7-15-20(18,19)10-4-3-9(5-12)13-6-10/h3-4,6,8,15H,2,5,7,12H2,1H3. The summed E-state index contributed by atoms with van der Waals surface area (Å²) in [7, 11) is -3.62. The Labute approximate surface area is 117 Å². The number of aryl methyl sites for hydroxylation is 1. The van der Waals surface area contributed by atoms with E-state index in [0.29, 0.717) is 18.1 Å². The van der Waals surface area contributed by atoms with Crippen LogP contribution < -0.4 is 10.5 Å². The molecule has 0 spiro atoms. The smallest absolute Gasteiger partial charge is 0.242 e. The predicted octanol–water partition coefficient (Wildman–Crippen LogP) is -0.370. The molecule has 0 atom stereocenters. The van der Waals surface area contributed by atoms with E-state index in [1.165, 1.54) is 12.3 Å². The van der Waals surface area contributed by atoms with Crippen molar-refractivity contribution in [3.05, 3.63) is 36.2 Å². The highest BCUT2D eigenvalue weighted by atomic mass is 32.2. The minimum Gasteiger partial charge on any atom is -0.325 e.